The van der Waals surface area contributed by atoms with Crippen LogP contribution in [-0.2, 0) is 10.0 Å². The molecule has 0 aliphatic carbocycles. The predicted octanol–water partition coefficient (Wildman–Crippen LogP) is 0.347. The largest absolute Gasteiger partial charge is 0.398 e. The van der Waals surface area contributed by atoms with E-state index in [2.05, 4.69) is 5.32 Å². The first-order chi connectivity index (χ1) is 8.34. The smallest absolute Gasteiger partial charge is 0.240 e. The van der Waals surface area contributed by atoms with Gasteiger partial charge in [0.1, 0.15) is 4.90 Å². The van der Waals surface area contributed by atoms with E-state index in [1.165, 1.54) is 12.1 Å². The second kappa shape index (κ2) is 6.03. The number of primary sulfonamides is 1. The maximum atomic E-state index is 11.2. The van der Waals surface area contributed by atoms with Crippen LogP contribution < -0.4 is 16.2 Å². The fourth-order valence-electron chi connectivity index (χ4n) is 1.53. The molecule has 18 heavy (non-hydrogen) atoms. The summed E-state index contributed by atoms with van der Waals surface area (Å²) in [4.78, 5) is -0.0727. The quantitative estimate of drug-likeness (QED) is 0.558. The highest BCUT2D eigenvalue weighted by Crippen LogP contribution is 2.21. The van der Waals surface area contributed by atoms with Crippen molar-refractivity contribution in [3.8, 4) is 0 Å². The lowest BCUT2D eigenvalue weighted by molar-refractivity contribution is 0.266. The number of nitrogens with one attached hydrogen (secondary N) is 1. The number of hydrogen-bond acceptors (Lipinski definition) is 5. The SMILES string of the molecule is CC(CCO)CNc1ccc(S(N)(=O)=O)c(N)c1. The second-order valence-corrected chi connectivity index (χ2v) is 5.83. The van der Waals surface area contributed by atoms with E-state index in [9.17, 15) is 8.42 Å². The molecule has 1 atom stereocenters. The third-order valence-electron chi connectivity index (χ3n) is 2.59. The topological polar surface area (TPSA) is 118 Å². The van der Waals surface area contributed by atoms with E-state index < -0.39 is 10.0 Å². The molecule has 7 heteroatoms. The van der Waals surface area contributed by atoms with E-state index in [-0.39, 0.29) is 17.2 Å². The molecule has 0 heterocycles. The summed E-state index contributed by atoms with van der Waals surface area (Å²) in [5.41, 5.74) is 6.48. The van der Waals surface area contributed by atoms with Crippen molar-refractivity contribution in [3.05, 3.63) is 18.2 Å². The highest BCUT2D eigenvalue weighted by Gasteiger charge is 2.12. The Labute approximate surface area is 107 Å². The molecule has 6 nitrogen and oxygen atoms in total. The number of rotatable bonds is 6. The molecule has 102 valence electrons. The molecule has 1 aromatic carbocycles. The van der Waals surface area contributed by atoms with E-state index in [1.807, 2.05) is 6.92 Å². The highest BCUT2D eigenvalue weighted by atomic mass is 32.2. The molecule has 1 rings (SSSR count). The van der Waals surface area contributed by atoms with E-state index in [4.69, 9.17) is 16.0 Å². The van der Waals surface area contributed by atoms with E-state index in [0.29, 0.717) is 18.9 Å². The molecule has 1 aromatic rings. The second-order valence-electron chi connectivity index (χ2n) is 4.30. The summed E-state index contributed by atoms with van der Waals surface area (Å²) in [6.07, 6.45) is 0.706. The predicted molar refractivity (Wildman–Crippen MR) is 71.6 cm³/mol. The molecule has 0 aliphatic heterocycles. The maximum Gasteiger partial charge on any atom is 0.240 e. The van der Waals surface area contributed by atoms with Crippen molar-refractivity contribution in [2.24, 2.45) is 11.1 Å². The van der Waals surface area contributed by atoms with Gasteiger partial charge in [-0.05, 0) is 30.5 Å². The van der Waals surface area contributed by atoms with Crippen molar-refractivity contribution in [1.82, 2.24) is 0 Å². The van der Waals surface area contributed by atoms with Gasteiger partial charge in [0.25, 0.3) is 0 Å². The lowest BCUT2D eigenvalue weighted by Crippen LogP contribution is -2.15. The zero-order valence-electron chi connectivity index (χ0n) is 10.3. The third kappa shape index (κ3) is 4.17. The number of nitrogen functional groups attached to an aromatic ring is 1. The minimum Gasteiger partial charge on any atom is -0.398 e. The van der Waals surface area contributed by atoms with Crippen LogP contribution in [0, 0.1) is 5.92 Å². The molecule has 1 unspecified atom stereocenters. The monoisotopic (exact) mass is 273 g/mol. The maximum absolute atomic E-state index is 11.2. The Balaban J connectivity index is 2.74. The van der Waals surface area contributed by atoms with Crippen molar-refractivity contribution < 1.29 is 13.5 Å². The molecule has 0 fully saturated rings. The van der Waals surface area contributed by atoms with Crippen molar-refractivity contribution in [2.45, 2.75) is 18.2 Å². The van der Waals surface area contributed by atoms with Crippen LogP contribution >= 0.6 is 0 Å². The lowest BCUT2D eigenvalue weighted by Gasteiger charge is -2.13. The van der Waals surface area contributed by atoms with E-state index in [0.717, 1.165) is 5.69 Å². The van der Waals surface area contributed by atoms with Gasteiger partial charge in [-0.1, -0.05) is 6.92 Å². The van der Waals surface area contributed by atoms with Gasteiger partial charge in [-0.2, -0.15) is 0 Å². The van der Waals surface area contributed by atoms with Crippen LogP contribution in [0.15, 0.2) is 23.1 Å². The number of benzene rings is 1. The average Bonchev–Trinajstić information content (AvgIpc) is 2.25. The Bertz CT molecular complexity index is 502. The van der Waals surface area contributed by atoms with Crippen LogP contribution in [0.4, 0.5) is 11.4 Å². The van der Waals surface area contributed by atoms with Crippen LogP contribution in [-0.4, -0.2) is 26.7 Å². The van der Waals surface area contributed by atoms with E-state index in [1.54, 1.807) is 6.07 Å². The van der Waals surface area contributed by atoms with Gasteiger partial charge in [0, 0.05) is 18.8 Å². The molecule has 0 saturated heterocycles. The molecule has 0 radical (unpaired) electrons. The van der Waals surface area contributed by atoms with Gasteiger partial charge in [-0.25, -0.2) is 13.6 Å². The number of sulfonamides is 1. The Morgan fingerprint density at radius 3 is 2.61 bits per heavy atom. The van der Waals surface area contributed by atoms with Crippen LogP contribution in [0.25, 0.3) is 0 Å². The molecule has 0 spiro atoms. The summed E-state index contributed by atoms with van der Waals surface area (Å²) in [5.74, 6) is 0.314. The summed E-state index contributed by atoms with van der Waals surface area (Å²) in [7, 11) is -3.78. The Morgan fingerprint density at radius 1 is 1.44 bits per heavy atom. The minimum absolute atomic E-state index is 0.0727. The van der Waals surface area contributed by atoms with Crippen molar-refractivity contribution in [2.75, 3.05) is 24.2 Å². The fraction of sp³-hybridized carbons (Fsp3) is 0.455. The summed E-state index contributed by atoms with van der Waals surface area (Å²) in [6.45, 7) is 2.83. The minimum atomic E-state index is -3.78. The first kappa shape index (κ1) is 14.7. The van der Waals surface area contributed by atoms with Crippen molar-refractivity contribution in [1.29, 1.82) is 0 Å². The van der Waals surface area contributed by atoms with Gasteiger partial charge < -0.3 is 16.2 Å². The molecule has 0 aliphatic rings. The molecular formula is C11H19N3O3S. The number of aliphatic hydroxyl groups excluding tert-OH is 1. The highest BCUT2D eigenvalue weighted by molar-refractivity contribution is 7.89. The number of hydrogen-bond donors (Lipinski definition) is 4. The van der Waals surface area contributed by atoms with Gasteiger partial charge in [-0.3, -0.25) is 0 Å². The molecular weight excluding hydrogens is 254 g/mol. The zero-order valence-corrected chi connectivity index (χ0v) is 11.1. The Morgan fingerprint density at radius 2 is 2.11 bits per heavy atom. The zero-order chi connectivity index (χ0) is 13.8. The van der Waals surface area contributed by atoms with Gasteiger partial charge in [0.2, 0.25) is 10.0 Å². The summed E-state index contributed by atoms with van der Waals surface area (Å²) in [5, 5.41) is 16.9. The van der Waals surface area contributed by atoms with Crippen LogP contribution in [0.1, 0.15) is 13.3 Å². The molecule has 0 amide bonds. The average molecular weight is 273 g/mol. The van der Waals surface area contributed by atoms with Crippen molar-refractivity contribution >= 4 is 21.4 Å². The molecule has 6 N–H and O–H groups in total. The first-order valence-corrected chi connectivity index (χ1v) is 7.16. The van der Waals surface area contributed by atoms with Gasteiger partial charge in [0.05, 0.1) is 5.69 Å². The van der Waals surface area contributed by atoms with Crippen LogP contribution in [0.3, 0.4) is 0 Å². The standard InChI is InChI=1S/C11H19N3O3S/c1-8(4-5-15)7-14-9-2-3-11(10(12)6-9)18(13,16)17/h2-3,6,8,14-15H,4-5,7,12H2,1H3,(H2,13,16,17). The molecule has 0 bridgehead atoms. The van der Waals surface area contributed by atoms with Gasteiger partial charge in [0.15, 0.2) is 0 Å². The van der Waals surface area contributed by atoms with Crippen LogP contribution in [0.5, 0.6) is 0 Å². The summed E-state index contributed by atoms with van der Waals surface area (Å²) < 4.78 is 22.3. The third-order valence-corrected chi connectivity index (χ3v) is 3.58. The van der Waals surface area contributed by atoms with Crippen LogP contribution in [0.2, 0.25) is 0 Å². The lowest BCUT2D eigenvalue weighted by atomic mass is 10.1. The number of aliphatic hydroxyl groups is 1. The normalized spacial score (nSPS) is 13.3. The molecule has 0 saturated carbocycles. The van der Waals surface area contributed by atoms with Crippen molar-refractivity contribution in [3.63, 3.8) is 0 Å². The molecule has 0 aromatic heterocycles. The number of nitrogens with two attached hydrogens (primary N) is 2. The Kier molecular flexibility index (Phi) is 4.94. The van der Waals surface area contributed by atoms with Gasteiger partial charge in [-0.15, -0.1) is 0 Å². The van der Waals surface area contributed by atoms with E-state index >= 15 is 0 Å². The Hall–Kier alpha value is -1.31. The van der Waals surface area contributed by atoms with Gasteiger partial charge >= 0.3 is 0 Å². The summed E-state index contributed by atoms with van der Waals surface area (Å²) in [6, 6.07) is 4.52. The number of anilines is 2. The first-order valence-electron chi connectivity index (χ1n) is 5.61. The summed E-state index contributed by atoms with van der Waals surface area (Å²) >= 11 is 0. The fourth-order valence-corrected chi connectivity index (χ4v) is 2.18.